The first kappa shape index (κ1) is 12.6. The van der Waals surface area contributed by atoms with Crippen molar-refractivity contribution in [2.45, 2.75) is 25.8 Å². The first-order valence-corrected chi connectivity index (χ1v) is 5.33. The quantitative estimate of drug-likeness (QED) is 0.304. The number of allylic oxidation sites excluding steroid dienone is 1. The minimum Gasteiger partial charge on any atom is -0.464 e. The number of hydrogen-bond donors (Lipinski definition) is 1. The van der Waals surface area contributed by atoms with Gasteiger partial charge in [0.1, 0.15) is 6.04 Å². The fraction of sp³-hybridized carbons (Fsp3) is 0.667. The number of unbranched alkanes of at least 4 members (excludes halogenated alkanes) is 1. The fourth-order valence-corrected chi connectivity index (χ4v) is 0.874. The summed E-state index contributed by atoms with van der Waals surface area (Å²) in [6, 6.07) is -0.614. The van der Waals surface area contributed by atoms with E-state index in [0.717, 1.165) is 19.0 Å². The Morgan fingerprint density at radius 2 is 2.38 bits per heavy atom. The highest BCUT2D eigenvalue weighted by Crippen LogP contribution is 1.93. The molecule has 0 saturated carbocycles. The molecule has 0 aromatic rings. The van der Waals surface area contributed by atoms with Crippen molar-refractivity contribution in [1.29, 1.82) is 0 Å². The van der Waals surface area contributed by atoms with Crippen LogP contribution in [0.5, 0.6) is 0 Å². The second-order valence-corrected chi connectivity index (χ2v) is 3.18. The Morgan fingerprint density at radius 3 is 2.92 bits per heavy atom. The highest BCUT2D eigenvalue weighted by molar-refractivity contribution is 7.16. The monoisotopic (exact) mass is 203 g/mol. The van der Waals surface area contributed by atoms with E-state index in [1.54, 1.807) is 6.08 Å². The van der Waals surface area contributed by atoms with Crippen LogP contribution >= 0.6 is 9.24 Å². The lowest BCUT2D eigenvalue weighted by Crippen LogP contribution is -2.30. The maximum Gasteiger partial charge on any atom is 0.326 e. The number of rotatable bonds is 6. The number of nitrogens with two attached hydrogens (primary N) is 1. The molecular formula is C9H18NO2P. The maximum absolute atomic E-state index is 11.1. The lowest BCUT2D eigenvalue weighted by atomic mass is 10.3. The van der Waals surface area contributed by atoms with Gasteiger partial charge in [0.15, 0.2) is 0 Å². The Kier molecular flexibility index (Phi) is 7.96. The van der Waals surface area contributed by atoms with Gasteiger partial charge in [0, 0.05) is 0 Å². The largest absolute Gasteiger partial charge is 0.464 e. The van der Waals surface area contributed by atoms with Gasteiger partial charge in [-0.05, 0) is 12.6 Å². The second kappa shape index (κ2) is 8.21. The van der Waals surface area contributed by atoms with Crippen molar-refractivity contribution in [1.82, 2.24) is 0 Å². The van der Waals surface area contributed by atoms with Gasteiger partial charge in [0.25, 0.3) is 0 Å². The minimum atomic E-state index is -0.614. The molecule has 0 amide bonds. The van der Waals surface area contributed by atoms with E-state index in [2.05, 4.69) is 9.24 Å². The average Bonchev–Trinajstić information content (AvgIpc) is 2.14. The molecule has 0 aliphatic rings. The molecule has 0 aliphatic carbocycles. The van der Waals surface area contributed by atoms with Gasteiger partial charge in [-0.25, -0.2) is 0 Å². The van der Waals surface area contributed by atoms with Gasteiger partial charge in [-0.2, -0.15) is 0 Å². The summed E-state index contributed by atoms with van der Waals surface area (Å²) in [7, 11) is 2.53. The van der Waals surface area contributed by atoms with Gasteiger partial charge in [-0.3, -0.25) is 4.79 Å². The summed E-state index contributed by atoms with van der Waals surface area (Å²) < 4.78 is 4.92. The Balaban J connectivity index is 3.63. The fourth-order valence-electron chi connectivity index (χ4n) is 0.717. The van der Waals surface area contributed by atoms with Gasteiger partial charge in [-0.15, -0.1) is 9.24 Å². The Labute approximate surface area is 81.9 Å². The summed E-state index contributed by atoms with van der Waals surface area (Å²) in [4.78, 5) is 11.1. The lowest BCUT2D eigenvalue weighted by molar-refractivity contribution is -0.144. The third kappa shape index (κ3) is 6.73. The molecule has 4 heteroatoms. The van der Waals surface area contributed by atoms with Gasteiger partial charge in [0.05, 0.1) is 6.61 Å². The molecule has 2 N–H and O–H groups in total. The molecule has 2 unspecified atom stereocenters. The van der Waals surface area contributed by atoms with Crippen LogP contribution in [0.3, 0.4) is 0 Å². The highest BCUT2D eigenvalue weighted by atomic mass is 31.0. The number of carbonyl (C=O) groups is 1. The van der Waals surface area contributed by atoms with Crippen molar-refractivity contribution in [2.75, 3.05) is 12.8 Å². The molecule has 0 saturated heterocycles. The molecule has 0 aromatic heterocycles. The zero-order chi connectivity index (χ0) is 10.1. The summed E-state index contributed by atoms with van der Waals surface area (Å²) in [6.07, 6.45) is 6.20. The van der Waals surface area contributed by atoms with Crippen LogP contribution < -0.4 is 5.73 Å². The number of carbonyl (C=O) groups excluding carboxylic acids is 1. The minimum absolute atomic E-state index is 0.344. The van der Waals surface area contributed by atoms with E-state index in [-0.39, 0.29) is 5.97 Å². The lowest BCUT2D eigenvalue weighted by Gasteiger charge is -2.06. The van der Waals surface area contributed by atoms with Gasteiger partial charge >= 0.3 is 5.97 Å². The van der Waals surface area contributed by atoms with Crippen LogP contribution in [-0.2, 0) is 9.53 Å². The van der Waals surface area contributed by atoms with E-state index in [9.17, 15) is 4.79 Å². The van der Waals surface area contributed by atoms with E-state index in [1.165, 1.54) is 0 Å². The van der Waals surface area contributed by atoms with E-state index in [1.807, 2.05) is 13.0 Å². The molecule has 0 heterocycles. The maximum atomic E-state index is 11.1. The Morgan fingerprint density at radius 1 is 1.69 bits per heavy atom. The SMILES string of the molecule is CCCCOC(=O)C(N)/C=C/CP. The Hall–Kier alpha value is -0.400. The molecule has 0 fully saturated rings. The zero-order valence-corrected chi connectivity index (χ0v) is 9.19. The number of ether oxygens (including phenoxy) is 1. The first-order chi connectivity index (χ1) is 6.22. The van der Waals surface area contributed by atoms with E-state index >= 15 is 0 Å². The molecule has 2 atom stereocenters. The van der Waals surface area contributed by atoms with Crippen LogP contribution in [0.2, 0.25) is 0 Å². The topological polar surface area (TPSA) is 52.3 Å². The first-order valence-electron chi connectivity index (χ1n) is 4.51. The van der Waals surface area contributed by atoms with Gasteiger partial charge in [0.2, 0.25) is 0 Å². The summed E-state index contributed by atoms with van der Waals surface area (Å²) in [5.41, 5.74) is 5.51. The van der Waals surface area contributed by atoms with E-state index in [4.69, 9.17) is 10.5 Å². The van der Waals surface area contributed by atoms with Crippen molar-refractivity contribution in [3.05, 3.63) is 12.2 Å². The normalized spacial score (nSPS) is 13.2. The van der Waals surface area contributed by atoms with Crippen LogP contribution in [0.4, 0.5) is 0 Å². The third-order valence-electron chi connectivity index (χ3n) is 1.49. The molecule has 0 bridgehead atoms. The van der Waals surface area contributed by atoms with E-state index < -0.39 is 6.04 Å². The van der Waals surface area contributed by atoms with Crippen LogP contribution in [0.25, 0.3) is 0 Å². The predicted molar refractivity (Wildman–Crippen MR) is 57.6 cm³/mol. The second-order valence-electron chi connectivity index (χ2n) is 2.71. The molecular weight excluding hydrogens is 185 g/mol. The zero-order valence-electron chi connectivity index (χ0n) is 8.03. The van der Waals surface area contributed by atoms with Gasteiger partial charge in [-0.1, -0.05) is 25.5 Å². The molecule has 3 nitrogen and oxygen atoms in total. The molecule has 13 heavy (non-hydrogen) atoms. The highest BCUT2D eigenvalue weighted by Gasteiger charge is 2.09. The van der Waals surface area contributed by atoms with Crippen LogP contribution in [0.1, 0.15) is 19.8 Å². The van der Waals surface area contributed by atoms with Crippen molar-refractivity contribution in [2.24, 2.45) is 5.73 Å². The number of hydrogen-bond acceptors (Lipinski definition) is 3. The van der Waals surface area contributed by atoms with Crippen LogP contribution in [0, 0.1) is 0 Å². The standard InChI is InChI=1S/C9H18NO2P/c1-2-3-6-12-9(11)8(10)5-4-7-13/h4-5,8H,2-3,6-7,10,13H2,1H3/b5-4+. The van der Waals surface area contributed by atoms with Gasteiger partial charge < -0.3 is 10.5 Å². The van der Waals surface area contributed by atoms with E-state index in [0.29, 0.717) is 6.61 Å². The average molecular weight is 203 g/mol. The molecule has 76 valence electrons. The Bertz CT molecular complexity index is 171. The van der Waals surface area contributed by atoms with Crippen molar-refractivity contribution in [3.63, 3.8) is 0 Å². The molecule has 0 spiro atoms. The molecule has 0 aliphatic heterocycles. The summed E-state index contributed by atoms with van der Waals surface area (Å²) in [6.45, 7) is 2.51. The van der Waals surface area contributed by atoms with Crippen LogP contribution in [-0.4, -0.2) is 24.8 Å². The molecule has 0 radical (unpaired) electrons. The smallest absolute Gasteiger partial charge is 0.326 e. The van der Waals surface area contributed by atoms with Crippen molar-refractivity contribution in [3.8, 4) is 0 Å². The van der Waals surface area contributed by atoms with Crippen molar-refractivity contribution >= 4 is 15.2 Å². The molecule has 0 rings (SSSR count). The van der Waals surface area contributed by atoms with Crippen LogP contribution in [0.15, 0.2) is 12.2 Å². The molecule has 0 aromatic carbocycles. The number of esters is 1. The third-order valence-corrected chi connectivity index (χ3v) is 1.77. The predicted octanol–water partition coefficient (Wildman–Crippen LogP) is 1.09. The summed E-state index contributed by atoms with van der Waals surface area (Å²) in [5, 5.41) is 0. The van der Waals surface area contributed by atoms with Crippen molar-refractivity contribution < 1.29 is 9.53 Å². The summed E-state index contributed by atoms with van der Waals surface area (Å²) >= 11 is 0. The summed E-state index contributed by atoms with van der Waals surface area (Å²) in [5.74, 6) is -0.344.